The van der Waals surface area contributed by atoms with Gasteiger partial charge in [0.1, 0.15) is 0 Å². The maximum atomic E-state index is 12.4. The quantitative estimate of drug-likeness (QED) is 0.824. The highest BCUT2D eigenvalue weighted by Crippen LogP contribution is 2.53. The lowest BCUT2D eigenvalue weighted by Crippen LogP contribution is -2.55. The first kappa shape index (κ1) is 14.7. The van der Waals surface area contributed by atoms with E-state index in [0.717, 1.165) is 23.7 Å². The predicted octanol–water partition coefficient (Wildman–Crippen LogP) is 3.25. The minimum Gasteiger partial charge on any atom is -0.399 e. The summed E-state index contributed by atoms with van der Waals surface area (Å²) in [5.74, 6) is 3.37. The molecule has 3 N–H and O–H groups in total. The Morgan fingerprint density at radius 3 is 2.24 bits per heavy atom. The van der Waals surface area contributed by atoms with E-state index in [1.807, 2.05) is 18.2 Å². The largest absolute Gasteiger partial charge is 0.399 e. The van der Waals surface area contributed by atoms with Crippen LogP contribution in [-0.2, 0) is 0 Å². The molecule has 4 saturated carbocycles. The Balaban J connectivity index is 0.00000132. The van der Waals surface area contributed by atoms with Crippen molar-refractivity contribution in [1.82, 2.24) is 5.32 Å². The van der Waals surface area contributed by atoms with Crippen molar-refractivity contribution in [3.8, 4) is 0 Å². The number of hydrogen-bond acceptors (Lipinski definition) is 2. The number of amides is 1. The SMILES string of the molecule is Cl.Nc1cccc(C(=O)NC2C3CC4CC(C3)CC2C4)c1. The van der Waals surface area contributed by atoms with Crippen molar-refractivity contribution in [1.29, 1.82) is 0 Å². The van der Waals surface area contributed by atoms with Gasteiger partial charge in [0.05, 0.1) is 0 Å². The molecule has 4 aliphatic carbocycles. The van der Waals surface area contributed by atoms with Crippen molar-refractivity contribution >= 4 is 24.0 Å². The van der Waals surface area contributed by atoms with Gasteiger partial charge < -0.3 is 11.1 Å². The normalized spacial score (nSPS) is 36.1. The zero-order valence-electron chi connectivity index (χ0n) is 12.1. The molecule has 1 amide bonds. The number of nitrogen functional groups attached to an aromatic ring is 1. The minimum absolute atomic E-state index is 0. The Hall–Kier alpha value is -1.22. The third-order valence-electron chi connectivity index (χ3n) is 5.67. The Kier molecular flexibility index (Phi) is 3.87. The number of hydrogen-bond donors (Lipinski definition) is 2. The van der Waals surface area contributed by atoms with E-state index in [1.165, 1.54) is 32.1 Å². The van der Waals surface area contributed by atoms with E-state index >= 15 is 0 Å². The Morgan fingerprint density at radius 1 is 1.05 bits per heavy atom. The molecule has 0 atom stereocenters. The molecular formula is C17H23ClN2O. The Labute approximate surface area is 132 Å². The van der Waals surface area contributed by atoms with Crippen LogP contribution in [0, 0.1) is 23.7 Å². The van der Waals surface area contributed by atoms with Crippen LogP contribution in [0.1, 0.15) is 42.5 Å². The van der Waals surface area contributed by atoms with E-state index in [1.54, 1.807) is 6.07 Å². The van der Waals surface area contributed by atoms with Crippen molar-refractivity contribution in [3.05, 3.63) is 29.8 Å². The van der Waals surface area contributed by atoms with Gasteiger partial charge in [-0.1, -0.05) is 6.07 Å². The molecular weight excluding hydrogens is 284 g/mol. The smallest absolute Gasteiger partial charge is 0.251 e. The van der Waals surface area contributed by atoms with Crippen molar-refractivity contribution in [2.24, 2.45) is 23.7 Å². The van der Waals surface area contributed by atoms with Gasteiger partial charge >= 0.3 is 0 Å². The van der Waals surface area contributed by atoms with Crippen LogP contribution in [0.25, 0.3) is 0 Å². The summed E-state index contributed by atoms with van der Waals surface area (Å²) < 4.78 is 0. The first-order valence-corrected chi connectivity index (χ1v) is 7.85. The average molecular weight is 307 g/mol. The second-order valence-corrected chi connectivity index (χ2v) is 7.06. The highest BCUT2D eigenvalue weighted by atomic mass is 35.5. The van der Waals surface area contributed by atoms with Gasteiger partial charge in [0.2, 0.25) is 0 Å². The Morgan fingerprint density at radius 2 is 1.67 bits per heavy atom. The second kappa shape index (κ2) is 5.53. The first-order valence-electron chi connectivity index (χ1n) is 7.85. The summed E-state index contributed by atoms with van der Waals surface area (Å²) in [6.07, 6.45) is 6.76. The summed E-state index contributed by atoms with van der Waals surface area (Å²) >= 11 is 0. The van der Waals surface area contributed by atoms with Crippen molar-refractivity contribution in [2.45, 2.75) is 38.1 Å². The fourth-order valence-corrected chi connectivity index (χ4v) is 5.08. The molecule has 4 fully saturated rings. The molecule has 0 radical (unpaired) electrons. The maximum Gasteiger partial charge on any atom is 0.251 e. The fourth-order valence-electron chi connectivity index (χ4n) is 5.08. The summed E-state index contributed by atoms with van der Waals surface area (Å²) in [4.78, 5) is 12.4. The van der Waals surface area contributed by atoms with Gasteiger partial charge in [-0.05, 0) is 74.0 Å². The van der Waals surface area contributed by atoms with Crippen LogP contribution in [0.5, 0.6) is 0 Å². The van der Waals surface area contributed by atoms with Crippen LogP contribution in [-0.4, -0.2) is 11.9 Å². The Bertz CT molecular complexity index is 517. The topological polar surface area (TPSA) is 55.1 Å². The molecule has 4 bridgehead atoms. The standard InChI is InChI=1S/C17H22N2O.ClH/c18-15-3-1-2-12(9-15)17(20)19-16-13-5-10-4-11(7-13)8-14(16)6-10;/h1-3,9-11,13-14,16H,4-8,18H2,(H,19,20);1H. The minimum atomic E-state index is 0. The summed E-state index contributed by atoms with van der Waals surface area (Å²) in [6, 6.07) is 7.69. The van der Waals surface area contributed by atoms with Gasteiger partial charge in [0.25, 0.3) is 5.91 Å². The summed E-state index contributed by atoms with van der Waals surface area (Å²) in [5.41, 5.74) is 7.11. The van der Waals surface area contributed by atoms with Crippen molar-refractivity contribution in [2.75, 3.05) is 5.73 Å². The number of carbonyl (C=O) groups is 1. The van der Waals surface area contributed by atoms with Crippen LogP contribution in [0.15, 0.2) is 24.3 Å². The highest BCUT2D eigenvalue weighted by Gasteiger charge is 2.48. The lowest BCUT2D eigenvalue weighted by atomic mass is 9.54. The number of anilines is 1. The van der Waals surface area contributed by atoms with Crippen molar-refractivity contribution in [3.63, 3.8) is 0 Å². The number of rotatable bonds is 2. The third-order valence-corrected chi connectivity index (χ3v) is 5.67. The first-order chi connectivity index (χ1) is 9.69. The van der Waals surface area contributed by atoms with Gasteiger partial charge in [-0.25, -0.2) is 0 Å². The van der Waals surface area contributed by atoms with Gasteiger partial charge in [0.15, 0.2) is 0 Å². The number of nitrogens with one attached hydrogen (secondary N) is 1. The average Bonchev–Trinajstić information content (AvgIpc) is 2.42. The fraction of sp³-hybridized carbons (Fsp3) is 0.588. The van der Waals surface area contributed by atoms with Gasteiger partial charge in [-0.2, -0.15) is 0 Å². The summed E-state index contributed by atoms with van der Waals surface area (Å²) in [7, 11) is 0. The number of carbonyl (C=O) groups excluding carboxylic acids is 1. The van der Waals surface area contributed by atoms with Crippen LogP contribution in [0.2, 0.25) is 0 Å². The lowest BCUT2D eigenvalue weighted by molar-refractivity contribution is -0.0119. The van der Waals surface area contributed by atoms with E-state index in [4.69, 9.17) is 5.73 Å². The maximum absolute atomic E-state index is 12.4. The zero-order chi connectivity index (χ0) is 13.7. The molecule has 4 heteroatoms. The highest BCUT2D eigenvalue weighted by molar-refractivity contribution is 5.95. The molecule has 114 valence electrons. The molecule has 5 rings (SSSR count). The van der Waals surface area contributed by atoms with E-state index in [9.17, 15) is 4.79 Å². The van der Waals surface area contributed by atoms with E-state index < -0.39 is 0 Å². The molecule has 0 aliphatic heterocycles. The molecule has 4 aliphatic rings. The second-order valence-electron chi connectivity index (χ2n) is 7.06. The third kappa shape index (κ3) is 2.64. The van der Waals surface area contributed by atoms with Crippen LogP contribution >= 0.6 is 12.4 Å². The number of halogens is 1. The zero-order valence-corrected chi connectivity index (χ0v) is 12.9. The van der Waals surface area contributed by atoms with Gasteiger partial charge in [0, 0.05) is 17.3 Å². The molecule has 0 aromatic heterocycles. The summed E-state index contributed by atoms with van der Waals surface area (Å²) in [5, 5.41) is 3.31. The molecule has 1 aromatic carbocycles. The van der Waals surface area contributed by atoms with Crippen LogP contribution in [0.4, 0.5) is 5.69 Å². The number of nitrogens with two attached hydrogens (primary N) is 1. The van der Waals surface area contributed by atoms with Crippen LogP contribution in [0.3, 0.4) is 0 Å². The predicted molar refractivity (Wildman–Crippen MR) is 86.4 cm³/mol. The monoisotopic (exact) mass is 306 g/mol. The molecule has 21 heavy (non-hydrogen) atoms. The van der Waals surface area contributed by atoms with E-state index in [2.05, 4.69) is 5.32 Å². The number of benzene rings is 1. The van der Waals surface area contributed by atoms with E-state index in [-0.39, 0.29) is 18.3 Å². The molecule has 0 heterocycles. The lowest BCUT2D eigenvalue weighted by Gasteiger charge is -2.54. The molecule has 1 aromatic rings. The summed E-state index contributed by atoms with van der Waals surface area (Å²) in [6.45, 7) is 0. The molecule has 0 spiro atoms. The van der Waals surface area contributed by atoms with Gasteiger partial charge in [-0.3, -0.25) is 4.79 Å². The van der Waals surface area contributed by atoms with Crippen molar-refractivity contribution < 1.29 is 4.79 Å². The van der Waals surface area contributed by atoms with E-state index in [0.29, 0.717) is 17.3 Å². The van der Waals surface area contributed by atoms with Crippen LogP contribution < -0.4 is 11.1 Å². The molecule has 0 saturated heterocycles. The van der Waals surface area contributed by atoms with Gasteiger partial charge in [-0.15, -0.1) is 12.4 Å². The molecule has 0 unspecified atom stereocenters. The molecule has 3 nitrogen and oxygen atoms in total.